The molecule has 3 atom stereocenters. The Bertz CT molecular complexity index is 1550. The third-order valence-corrected chi connectivity index (χ3v) is 8.55. The molecule has 0 aromatic carbocycles. The van der Waals surface area contributed by atoms with Crippen molar-refractivity contribution in [2.75, 3.05) is 51.4 Å². The van der Waals surface area contributed by atoms with Gasteiger partial charge in [-0.3, -0.25) is 4.90 Å². The largest absolute Gasteiger partial charge is 0.489 e. The van der Waals surface area contributed by atoms with Crippen LogP contribution in [0.25, 0.3) is 16.6 Å². The quantitative estimate of drug-likeness (QED) is 0.313. The summed E-state index contributed by atoms with van der Waals surface area (Å²) in [6, 6.07) is 9.40. The third-order valence-electron chi connectivity index (χ3n) is 8.55. The lowest BCUT2D eigenvalue weighted by Crippen LogP contribution is -2.69. The van der Waals surface area contributed by atoms with Crippen LogP contribution in [0.1, 0.15) is 39.7 Å². The first-order valence-corrected chi connectivity index (χ1v) is 14.8. The molecule has 43 heavy (non-hydrogen) atoms. The zero-order valence-corrected chi connectivity index (χ0v) is 25.6. The van der Waals surface area contributed by atoms with Gasteiger partial charge in [0.2, 0.25) is 0 Å². The predicted octanol–water partition coefficient (Wildman–Crippen LogP) is 3.65. The van der Waals surface area contributed by atoms with Gasteiger partial charge in [-0.2, -0.15) is 10.4 Å². The highest BCUT2D eigenvalue weighted by Crippen LogP contribution is 2.36. The van der Waals surface area contributed by atoms with E-state index in [9.17, 15) is 5.26 Å². The summed E-state index contributed by atoms with van der Waals surface area (Å²) in [6.45, 7) is 12.8. The average Bonchev–Trinajstić information content (AvgIpc) is 3.45. The highest BCUT2D eigenvalue weighted by Gasteiger charge is 2.44. The molecule has 4 aliphatic rings. The van der Waals surface area contributed by atoms with Crippen molar-refractivity contribution < 1.29 is 14.2 Å². The molecule has 11 nitrogen and oxygen atoms in total. The number of nitrogens with zero attached hydrogens (tertiary/aromatic N) is 7. The number of hydrogen-bond donors (Lipinski definition) is 1. The number of nitrogens with one attached hydrogen (secondary N) is 1. The Kier molecular flexibility index (Phi) is 8.09. The van der Waals surface area contributed by atoms with Gasteiger partial charge < -0.3 is 24.4 Å². The maximum Gasteiger partial charge on any atom is 0.184 e. The van der Waals surface area contributed by atoms with Crippen LogP contribution in [-0.4, -0.2) is 95.6 Å². The molecule has 4 fully saturated rings. The van der Waals surface area contributed by atoms with Gasteiger partial charge in [0.1, 0.15) is 30.3 Å². The molecule has 7 rings (SSSR count). The number of hydrogen-bond acceptors (Lipinski definition) is 10. The molecule has 0 saturated carbocycles. The molecule has 2 unspecified atom stereocenters. The Balaban J connectivity index is 1.15. The Morgan fingerprint density at radius 2 is 2.07 bits per heavy atom. The van der Waals surface area contributed by atoms with E-state index < -0.39 is 0 Å². The van der Waals surface area contributed by atoms with Crippen LogP contribution in [0.3, 0.4) is 0 Å². The summed E-state index contributed by atoms with van der Waals surface area (Å²) in [5.74, 6) is 2.29. The standard InChI is InChI=1S/C32H40N8O3/c1-21(11-34-22(2)41-5)15-39-25-8-26(39)17-38(16-25)30-7-6-23(12-35-30)29-9-27(18-40-31(29)24(10-33)13-37-40)42-19-28-14-36-32(3,4)20-43-28/h6-7,9,11-13,18,25-26,28,36H,8,14-17,19-20H2,1-5H3/b21-11+,34-22?/t25?,26?,28-/m0/s1. The number of piperazine rings is 1. The van der Waals surface area contributed by atoms with Crippen LogP contribution in [0.2, 0.25) is 0 Å². The van der Waals surface area contributed by atoms with E-state index in [-0.39, 0.29) is 11.6 Å². The fourth-order valence-electron chi connectivity index (χ4n) is 6.05. The molecule has 3 aromatic rings. The van der Waals surface area contributed by atoms with E-state index >= 15 is 0 Å². The van der Waals surface area contributed by atoms with Gasteiger partial charge in [0.25, 0.3) is 0 Å². The second-order valence-electron chi connectivity index (χ2n) is 12.4. The molecule has 0 aliphatic carbocycles. The van der Waals surface area contributed by atoms with Crippen molar-refractivity contribution in [1.29, 1.82) is 5.26 Å². The molecule has 4 aliphatic heterocycles. The number of pyridine rings is 2. The summed E-state index contributed by atoms with van der Waals surface area (Å²) in [5, 5.41) is 17.7. The maximum absolute atomic E-state index is 9.77. The van der Waals surface area contributed by atoms with E-state index in [1.165, 1.54) is 12.0 Å². The van der Waals surface area contributed by atoms with Crippen molar-refractivity contribution in [3.63, 3.8) is 0 Å². The van der Waals surface area contributed by atoms with Crippen LogP contribution in [0.15, 0.2) is 53.6 Å². The summed E-state index contributed by atoms with van der Waals surface area (Å²) in [5.41, 5.74) is 4.21. The molecule has 7 heterocycles. The Morgan fingerprint density at radius 3 is 2.74 bits per heavy atom. The van der Waals surface area contributed by atoms with E-state index in [2.05, 4.69) is 64.2 Å². The van der Waals surface area contributed by atoms with Crippen LogP contribution < -0.4 is 15.0 Å². The average molecular weight is 585 g/mol. The van der Waals surface area contributed by atoms with Crippen LogP contribution >= 0.6 is 0 Å². The van der Waals surface area contributed by atoms with Crippen molar-refractivity contribution in [2.45, 2.75) is 57.8 Å². The SMILES string of the molecule is COC(C)=N/C=C(\C)CN1C2CC1CN(c1ccc(-c3cc(OC[C@@H]4CNC(C)(C)CO4)cn4ncc(C#N)c34)cn1)C2. The summed E-state index contributed by atoms with van der Waals surface area (Å²) < 4.78 is 19.0. The van der Waals surface area contributed by atoms with Crippen molar-refractivity contribution in [2.24, 2.45) is 4.99 Å². The van der Waals surface area contributed by atoms with Crippen LogP contribution in [0.5, 0.6) is 5.75 Å². The van der Waals surface area contributed by atoms with Crippen LogP contribution in [0, 0.1) is 11.3 Å². The fourth-order valence-corrected chi connectivity index (χ4v) is 6.05. The third kappa shape index (κ3) is 6.22. The number of piperidine rings is 1. The number of anilines is 1. The highest BCUT2D eigenvalue weighted by atomic mass is 16.5. The number of fused-ring (bicyclic) bond motifs is 3. The zero-order chi connectivity index (χ0) is 30.1. The highest BCUT2D eigenvalue weighted by molar-refractivity contribution is 5.85. The molecule has 1 N–H and O–H groups in total. The fraction of sp³-hybridized carbons (Fsp3) is 0.500. The second-order valence-corrected chi connectivity index (χ2v) is 12.4. The van der Waals surface area contributed by atoms with E-state index in [1.54, 1.807) is 17.8 Å². The minimum Gasteiger partial charge on any atom is -0.489 e. The van der Waals surface area contributed by atoms with Crippen LogP contribution in [0.4, 0.5) is 5.82 Å². The Hall–Kier alpha value is -3.98. The van der Waals surface area contributed by atoms with Crippen molar-refractivity contribution in [1.82, 2.24) is 24.8 Å². The topological polar surface area (TPSA) is 113 Å². The molecule has 2 bridgehead atoms. The van der Waals surface area contributed by atoms with Gasteiger partial charge in [0.15, 0.2) is 5.90 Å². The number of aromatic nitrogens is 3. The molecule has 4 saturated heterocycles. The molecular weight excluding hydrogens is 544 g/mol. The number of methoxy groups -OCH3 is 1. The number of ether oxygens (including phenoxy) is 3. The Morgan fingerprint density at radius 1 is 1.26 bits per heavy atom. The summed E-state index contributed by atoms with van der Waals surface area (Å²) >= 11 is 0. The number of aliphatic imine (C=N–C) groups is 1. The first-order chi connectivity index (χ1) is 20.7. The first kappa shape index (κ1) is 29.1. The van der Waals surface area contributed by atoms with Crippen LogP contribution in [-0.2, 0) is 9.47 Å². The first-order valence-electron chi connectivity index (χ1n) is 14.8. The van der Waals surface area contributed by atoms with E-state index in [4.69, 9.17) is 19.2 Å². The predicted molar refractivity (Wildman–Crippen MR) is 165 cm³/mol. The van der Waals surface area contributed by atoms with Crippen molar-refractivity contribution in [3.8, 4) is 22.9 Å². The summed E-state index contributed by atoms with van der Waals surface area (Å²) in [7, 11) is 1.64. The van der Waals surface area contributed by atoms with E-state index in [0.717, 1.165) is 48.6 Å². The molecule has 0 spiro atoms. The monoisotopic (exact) mass is 584 g/mol. The van der Waals surface area contributed by atoms with Gasteiger partial charge in [0, 0.05) is 74.2 Å². The second kappa shape index (κ2) is 12.0. The minimum absolute atomic E-state index is 0.0340. The molecule has 11 heteroatoms. The summed E-state index contributed by atoms with van der Waals surface area (Å²) in [6.07, 6.45) is 8.37. The number of rotatable bonds is 8. The van der Waals surface area contributed by atoms with Gasteiger partial charge in [-0.25, -0.2) is 14.5 Å². The number of nitriles is 1. The lowest BCUT2D eigenvalue weighted by Gasteiger charge is -2.56. The summed E-state index contributed by atoms with van der Waals surface area (Å²) in [4.78, 5) is 14.2. The lowest BCUT2D eigenvalue weighted by molar-refractivity contribution is -0.0412. The molecule has 3 aromatic heterocycles. The molecule has 0 amide bonds. The lowest BCUT2D eigenvalue weighted by atomic mass is 9.87. The van der Waals surface area contributed by atoms with Crippen molar-refractivity contribution >= 4 is 17.2 Å². The van der Waals surface area contributed by atoms with E-state index in [1.807, 2.05) is 31.6 Å². The molecule has 0 radical (unpaired) electrons. The van der Waals surface area contributed by atoms with Gasteiger partial charge in [-0.15, -0.1) is 0 Å². The normalized spacial score (nSPS) is 24.0. The maximum atomic E-state index is 9.77. The van der Waals surface area contributed by atoms with Gasteiger partial charge >= 0.3 is 0 Å². The van der Waals surface area contributed by atoms with Gasteiger partial charge in [-0.05, 0) is 51.0 Å². The minimum atomic E-state index is -0.0413. The van der Waals surface area contributed by atoms with Crippen molar-refractivity contribution in [3.05, 3.63) is 54.1 Å². The Labute approximate surface area is 252 Å². The smallest absolute Gasteiger partial charge is 0.184 e. The van der Waals surface area contributed by atoms with E-state index in [0.29, 0.717) is 42.5 Å². The number of morpholine rings is 1. The zero-order valence-electron chi connectivity index (χ0n) is 25.6. The molecular formula is C32H40N8O3. The molecule has 226 valence electrons. The van der Waals surface area contributed by atoms with Gasteiger partial charge in [0.05, 0.1) is 37.2 Å². The van der Waals surface area contributed by atoms with Gasteiger partial charge in [-0.1, -0.05) is 0 Å².